The first-order valence-corrected chi connectivity index (χ1v) is 6.19. The van der Waals surface area contributed by atoms with Crippen LogP contribution in [0.4, 0.5) is 5.13 Å². The third-order valence-electron chi connectivity index (χ3n) is 3.39. The second kappa shape index (κ2) is 3.54. The van der Waals surface area contributed by atoms with E-state index in [0.29, 0.717) is 5.54 Å². The van der Waals surface area contributed by atoms with Gasteiger partial charge in [0, 0.05) is 10.4 Å². The minimum absolute atomic E-state index is 0.372. The van der Waals surface area contributed by atoms with Crippen LogP contribution in [0.5, 0.6) is 0 Å². The van der Waals surface area contributed by atoms with Crippen LogP contribution in [0, 0.1) is 13.8 Å². The maximum absolute atomic E-state index is 4.53. The molecule has 0 bridgehead atoms. The molecule has 1 fully saturated rings. The van der Waals surface area contributed by atoms with Gasteiger partial charge in [0.25, 0.3) is 0 Å². The van der Waals surface area contributed by atoms with E-state index in [4.69, 9.17) is 0 Å². The van der Waals surface area contributed by atoms with Gasteiger partial charge in [-0.3, -0.25) is 0 Å². The van der Waals surface area contributed by atoms with Crippen LogP contribution in [-0.2, 0) is 0 Å². The van der Waals surface area contributed by atoms with Crippen LogP contribution in [0.15, 0.2) is 0 Å². The highest BCUT2D eigenvalue weighted by Gasteiger charge is 2.35. The van der Waals surface area contributed by atoms with Gasteiger partial charge in [0.15, 0.2) is 5.13 Å². The molecule has 0 amide bonds. The average molecular weight is 210 g/mol. The summed E-state index contributed by atoms with van der Waals surface area (Å²) in [5.41, 5.74) is 1.54. The Balaban J connectivity index is 2.09. The monoisotopic (exact) mass is 210 g/mol. The van der Waals surface area contributed by atoms with Gasteiger partial charge >= 0.3 is 0 Å². The van der Waals surface area contributed by atoms with Gasteiger partial charge in [-0.05, 0) is 39.5 Å². The first kappa shape index (κ1) is 9.97. The van der Waals surface area contributed by atoms with Crippen molar-refractivity contribution >= 4 is 16.5 Å². The lowest BCUT2D eigenvalue weighted by Gasteiger charge is -2.41. The van der Waals surface area contributed by atoms with E-state index in [9.17, 15) is 0 Å². The molecule has 0 spiro atoms. The van der Waals surface area contributed by atoms with E-state index >= 15 is 0 Å². The quantitative estimate of drug-likeness (QED) is 0.826. The molecule has 2 nitrogen and oxygen atoms in total. The number of anilines is 1. The molecule has 14 heavy (non-hydrogen) atoms. The van der Waals surface area contributed by atoms with Crippen molar-refractivity contribution in [1.82, 2.24) is 4.98 Å². The number of thiazole rings is 1. The van der Waals surface area contributed by atoms with Crippen molar-refractivity contribution in [3.05, 3.63) is 10.6 Å². The Morgan fingerprint density at radius 1 is 1.43 bits per heavy atom. The van der Waals surface area contributed by atoms with Crippen molar-refractivity contribution in [3.63, 3.8) is 0 Å². The summed E-state index contributed by atoms with van der Waals surface area (Å²) < 4.78 is 0. The van der Waals surface area contributed by atoms with Crippen molar-refractivity contribution in [1.29, 1.82) is 0 Å². The minimum Gasteiger partial charge on any atom is -0.356 e. The van der Waals surface area contributed by atoms with E-state index in [1.165, 1.54) is 36.3 Å². The summed E-state index contributed by atoms with van der Waals surface area (Å²) in [5.74, 6) is 0. The lowest BCUT2D eigenvalue weighted by atomic mass is 9.75. The predicted molar refractivity (Wildman–Crippen MR) is 62.1 cm³/mol. The standard InChI is InChI=1S/C11H18N2S/c1-4-11(6-5-7-11)13-10-12-8(2)9(3)14-10/h4-7H2,1-3H3,(H,12,13). The lowest BCUT2D eigenvalue weighted by molar-refractivity contribution is 0.269. The Morgan fingerprint density at radius 3 is 2.50 bits per heavy atom. The molecule has 0 aromatic carbocycles. The second-order valence-electron chi connectivity index (χ2n) is 4.27. The van der Waals surface area contributed by atoms with Gasteiger partial charge in [0.1, 0.15) is 0 Å². The highest BCUT2D eigenvalue weighted by Crippen LogP contribution is 2.39. The van der Waals surface area contributed by atoms with E-state index < -0.39 is 0 Å². The zero-order chi connectivity index (χ0) is 10.2. The Morgan fingerprint density at radius 2 is 2.14 bits per heavy atom. The molecule has 1 aromatic rings. The summed E-state index contributed by atoms with van der Waals surface area (Å²) >= 11 is 1.78. The number of aromatic nitrogens is 1. The van der Waals surface area contributed by atoms with Gasteiger partial charge in [-0.1, -0.05) is 6.92 Å². The van der Waals surface area contributed by atoms with Crippen LogP contribution in [0.1, 0.15) is 43.2 Å². The molecule has 1 aromatic heterocycles. The molecular formula is C11H18N2S. The molecular weight excluding hydrogens is 192 g/mol. The number of rotatable bonds is 3. The molecule has 1 heterocycles. The zero-order valence-corrected chi connectivity index (χ0v) is 10.0. The molecule has 0 atom stereocenters. The van der Waals surface area contributed by atoms with E-state index in [0.717, 1.165) is 5.13 Å². The summed E-state index contributed by atoms with van der Waals surface area (Å²) in [6.45, 7) is 6.48. The first-order chi connectivity index (χ1) is 6.65. The van der Waals surface area contributed by atoms with Crippen LogP contribution in [0.2, 0.25) is 0 Å². The number of nitrogens with one attached hydrogen (secondary N) is 1. The summed E-state index contributed by atoms with van der Waals surface area (Å²) in [4.78, 5) is 5.86. The third-order valence-corrected chi connectivity index (χ3v) is 4.38. The number of hydrogen-bond acceptors (Lipinski definition) is 3. The fourth-order valence-corrected chi connectivity index (χ4v) is 2.86. The fraction of sp³-hybridized carbons (Fsp3) is 0.727. The zero-order valence-electron chi connectivity index (χ0n) is 9.18. The Bertz CT molecular complexity index is 301. The normalized spacial score (nSPS) is 19.1. The fourth-order valence-electron chi connectivity index (χ4n) is 1.92. The van der Waals surface area contributed by atoms with Crippen molar-refractivity contribution in [2.75, 3.05) is 5.32 Å². The van der Waals surface area contributed by atoms with E-state index in [2.05, 4.69) is 31.1 Å². The number of aryl methyl sites for hydroxylation is 2. The van der Waals surface area contributed by atoms with Crippen LogP contribution in [0.25, 0.3) is 0 Å². The minimum atomic E-state index is 0.372. The van der Waals surface area contributed by atoms with E-state index in [-0.39, 0.29) is 0 Å². The van der Waals surface area contributed by atoms with Gasteiger partial charge < -0.3 is 5.32 Å². The molecule has 2 rings (SSSR count). The number of nitrogens with zero attached hydrogens (tertiary/aromatic N) is 1. The van der Waals surface area contributed by atoms with Crippen molar-refractivity contribution in [2.24, 2.45) is 0 Å². The van der Waals surface area contributed by atoms with Crippen LogP contribution in [0.3, 0.4) is 0 Å². The van der Waals surface area contributed by atoms with Gasteiger partial charge in [0.2, 0.25) is 0 Å². The highest BCUT2D eigenvalue weighted by atomic mass is 32.1. The second-order valence-corrected chi connectivity index (χ2v) is 5.48. The van der Waals surface area contributed by atoms with Crippen molar-refractivity contribution in [2.45, 2.75) is 52.0 Å². The Kier molecular flexibility index (Phi) is 2.52. The summed E-state index contributed by atoms with van der Waals surface area (Å²) in [5, 5.41) is 4.72. The summed E-state index contributed by atoms with van der Waals surface area (Å²) in [6.07, 6.45) is 5.19. The molecule has 1 N–H and O–H groups in total. The molecule has 1 aliphatic rings. The Labute approximate surface area is 89.8 Å². The molecule has 1 aliphatic carbocycles. The maximum atomic E-state index is 4.53. The lowest BCUT2D eigenvalue weighted by Crippen LogP contribution is -2.44. The third kappa shape index (κ3) is 1.65. The SMILES string of the molecule is CCC1(Nc2nc(C)c(C)s2)CCC1. The van der Waals surface area contributed by atoms with Crippen molar-refractivity contribution < 1.29 is 0 Å². The highest BCUT2D eigenvalue weighted by molar-refractivity contribution is 7.15. The molecule has 0 saturated heterocycles. The number of hydrogen-bond donors (Lipinski definition) is 1. The summed E-state index contributed by atoms with van der Waals surface area (Å²) in [7, 11) is 0. The van der Waals surface area contributed by atoms with E-state index in [1.54, 1.807) is 11.3 Å². The van der Waals surface area contributed by atoms with Gasteiger partial charge in [0.05, 0.1) is 5.69 Å². The molecule has 78 valence electrons. The molecule has 1 saturated carbocycles. The van der Waals surface area contributed by atoms with Crippen LogP contribution >= 0.6 is 11.3 Å². The van der Waals surface area contributed by atoms with Gasteiger partial charge in [-0.15, -0.1) is 11.3 Å². The average Bonchev–Trinajstić information content (AvgIpc) is 2.39. The smallest absolute Gasteiger partial charge is 0.183 e. The molecule has 3 heteroatoms. The van der Waals surface area contributed by atoms with Gasteiger partial charge in [-0.25, -0.2) is 4.98 Å². The molecule has 0 radical (unpaired) electrons. The first-order valence-electron chi connectivity index (χ1n) is 5.37. The van der Waals surface area contributed by atoms with Gasteiger partial charge in [-0.2, -0.15) is 0 Å². The molecule has 0 aliphatic heterocycles. The van der Waals surface area contributed by atoms with Crippen molar-refractivity contribution in [3.8, 4) is 0 Å². The van der Waals surface area contributed by atoms with E-state index in [1.807, 2.05) is 0 Å². The largest absolute Gasteiger partial charge is 0.356 e. The maximum Gasteiger partial charge on any atom is 0.183 e. The molecule has 0 unspecified atom stereocenters. The Hall–Kier alpha value is -0.570. The topological polar surface area (TPSA) is 24.9 Å². The predicted octanol–water partition coefficient (Wildman–Crippen LogP) is 3.50. The van der Waals surface area contributed by atoms with Crippen LogP contribution < -0.4 is 5.32 Å². The summed E-state index contributed by atoms with van der Waals surface area (Å²) in [6, 6.07) is 0. The van der Waals surface area contributed by atoms with Crippen LogP contribution in [-0.4, -0.2) is 10.5 Å².